The van der Waals surface area contributed by atoms with E-state index in [-0.39, 0.29) is 17.9 Å². The summed E-state index contributed by atoms with van der Waals surface area (Å²) in [6.45, 7) is 1.47. The number of nitrogens with zero attached hydrogens (tertiary/aromatic N) is 1. The summed E-state index contributed by atoms with van der Waals surface area (Å²) in [5, 5.41) is 2.74. The van der Waals surface area contributed by atoms with Gasteiger partial charge in [0.1, 0.15) is 0 Å². The Morgan fingerprint density at radius 2 is 1.74 bits per heavy atom. The minimum Gasteiger partial charge on any atom is -0.326 e. The molecule has 23 heavy (non-hydrogen) atoms. The zero-order valence-electron chi connectivity index (χ0n) is 12.8. The SMILES string of the molecule is CC(=O)Nc1ccc(N(C(=O)c2ccccc2Br)C2CC2)cc1. The fourth-order valence-corrected chi connectivity index (χ4v) is 2.95. The van der Waals surface area contributed by atoms with Crippen LogP contribution in [0.4, 0.5) is 11.4 Å². The van der Waals surface area contributed by atoms with Crippen molar-refractivity contribution in [3.8, 4) is 0 Å². The van der Waals surface area contributed by atoms with Crippen LogP contribution in [-0.4, -0.2) is 17.9 Å². The zero-order chi connectivity index (χ0) is 16.4. The van der Waals surface area contributed by atoms with Gasteiger partial charge in [-0.3, -0.25) is 9.59 Å². The third kappa shape index (κ3) is 3.62. The van der Waals surface area contributed by atoms with Gasteiger partial charge < -0.3 is 10.2 Å². The second-order valence-electron chi connectivity index (χ2n) is 5.61. The molecule has 0 bridgehead atoms. The Hall–Kier alpha value is -2.14. The smallest absolute Gasteiger partial charge is 0.259 e. The minimum atomic E-state index is -0.110. The minimum absolute atomic E-state index is 0.00717. The van der Waals surface area contributed by atoms with Gasteiger partial charge in [-0.2, -0.15) is 0 Å². The molecule has 1 saturated carbocycles. The number of halogens is 1. The van der Waals surface area contributed by atoms with E-state index in [0.717, 1.165) is 28.7 Å². The monoisotopic (exact) mass is 372 g/mol. The van der Waals surface area contributed by atoms with Crippen LogP contribution in [0.5, 0.6) is 0 Å². The van der Waals surface area contributed by atoms with Crippen LogP contribution in [0.2, 0.25) is 0 Å². The average molecular weight is 373 g/mol. The standard InChI is InChI=1S/C18H17BrN2O2/c1-12(22)20-13-6-8-14(9-7-13)21(15-10-11-15)18(23)16-4-2-3-5-17(16)19/h2-9,15H,10-11H2,1H3,(H,20,22). The first-order valence-electron chi connectivity index (χ1n) is 7.52. The molecule has 2 amide bonds. The summed E-state index contributed by atoms with van der Waals surface area (Å²) < 4.78 is 0.797. The molecule has 0 unspecified atom stereocenters. The van der Waals surface area contributed by atoms with Crippen LogP contribution in [0.1, 0.15) is 30.1 Å². The van der Waals surface area contributed by atoms with E-state index in [4.69, 9.17) is 0 Å². The Kier molecular flexibility index (Phi) is 4.48. The van der Waals surface area contributed by atoms with Gasteiger partial charge in [-0.1, -0.05) is 12.1 Å². The third-order valence-electron chi connectivity index (χ3n) is 3.70. The maximum absolute atomic E-state index is 12.9. The van der Waals surface area contributed by atoms with Crippen molar-refractivity contribution < 1.29 is 9.59 Å². The molecule has 2 aromatic carbocycles. The van der Waals surface area contributed by atoms with Gasteiger partial charge in [0.2, 0.25) is 5.91 Å². The molecule has 3 rings (SSSR count). The number of hydrogen-bond acceptors (Lipinski definition) is 2. The lowest BCUT2D eigenvalue weighted by molar-refractivity contribution is -0.114. The van der Waals surface area contributed by atoms with Crippen LogP contribution in [0.15, 0.2) is 53.0 Å². The van der Waals surface area contributed by atoms with E-state index in [1.807, 2.05) is 53.4 Å². The highest BCUT2D eigenvalue weighted by Crippen LogP contribution is 2.34. The number of benzene rings is 2. The Morgan fingerprint density at radius 1 is 1.09 bits per heavy atom. The van der Waals surface area contributed by atoms with E-state index in [1.165, 1.54) is 6.92 Å². The van der Waals surface area contributed by atoms with Crippen LogP contribution in [0.25, 0.3) is 0 Å². The quantitative estimate of drug-likeness (QED) is 0.873. The number of carbonyl (C=O) groups excluding carboxylic acids is 2. The molecule has 5 heteroatoms. The molecule has 0 radical (unpaired) electrons. The van der Waals surface area contributed by atoms with Gasteiger partial charge in [0.25, 0.3) is 5.91 Å². The summed E-state index contributed by atoms with van der Waals surface area (Å²) in [5.41, 5.74) is 2.23. The topological polar surface area (TPSA) is 49.4 Å². The molecule has 0 aromatic heterocycles. The molecular weight excluding hydrogens is 356 g/mol. The molecule has 1 aliphatic rings. The highest BCUT2D eigenvalue weighted by atomic mass is 79.9. The lowest BCUT2D eigenvalue weighted by Crippen LogP contribution is -2.33. The van der Waals surface area contributed by atoms with Gasteiger partial charge in [-0.25, -0.2) is 0 Å². The molecule has 0 atom stereocenters. The number of rotatable bonds is 4. The Bertz CT molecular complexity index is 739. The predicted octanol–water partition coefficient (Wildman–Crippen LogP) is 4.22. The van der Waals surface area contributed by atoms with E-state index >= 15 is 0 Å². The highest BCUT2D eigenvalue weighted by molar-refractivity contribution is 9.10. The number of hydrogen-bond donors (Lipinski definition) is 1. The van der Waals surface area contributed by atoms with Gasteiger partial charge >= 0.3 is 0 Å². The van der Waals surface area contributed by atoms with E-state index in [9.17, 15) is 9.59 Å². The summed E-state index contributed by atoms with van der Waals surface area (Å²) in [7, 11) is 0. The highest BCUT2D eigenvalue weighted by Gasteiger charge is 2.34. The molecule has 1 fully saturated rings. The predicted molar refractivity (Wildman–Crippen MR) is 94.7 cm³/mol. The van der Waals surface area contributed by atoms with Gasteiger partial charge in [0, 0.05) is 28.8 Å². The fraction of sp³-hybridized carbons (Fsp3) is 0.222. The van der Waals surface area contributed by atoms with Crippen molar-refractivity contribution in [1.29, 1.82) is 0 Å². The van der Waals surface area contributed by atoms with Gasteiger partial charge in [-0.15, -0.1) is 0 Å². The zero-order valence-corrected chi connectivity index (χ0v) is 14.3. The summed E-state index contributed by atoms with van der Waals surface area (Å²) in [6.07, 6.45) is 2.03. The van der Waals surface area contributed by atoms with Crippen LogP contribution in [0, 0.1) is 0 Å². The van der Waals surface area contributed by atoms with Gasteiger partial charge in [0.05, 0.1) is 5.56 Å². The Morgan fingerprint density at radius 3 is 2.30 bits per heavy atom. The molecule has 0 aliphatic heterocycles. The van der Waals surface area contributed by atoms with Gasteiger partial charge in [0.15, 0.2) is 0 Å². The first kappa shape index (κ1) is 15.7. The van der Waals surface area contributed by atoms with E-state index < -0.39 is 0 Å². The van der Waals surface area contributed by atoms with Crippen LogP contribution >= 0.6 is 15.9 Å². The summed E-state index contributed by atoms with van der Waals surface area (Å²) in [5.74, 6) is -0.117. The number of anilines is 2. The summed E-state index contributed by atoms with van der Waals surface area (Å²) >= 11 is 3.45. The van der Waals surface area contributed by atoms with Crippen molar-refractivity contribution >= 4 is 39.1 Å². The lowest BCUT2D eigenvalue weighted by Gasteiger charge is -2.23. The van der Waals surface area contributed by atoms with Crippen molar-refractivity contribution in [2.45, 2.75) is 25.8 Å². The van der Waals surface area contributed by atoms with E-state index in [1.54, 1.807) is 0 Å². The van der Waals surface area contributed by atoms with Crippen molar-refractivity contribution in [3.05, 3.63) is 58.6 Å². The Labute approximate surface area is 143 Å². The molecule has 1 aliphatic carbocycles. The Balaban J connectivity index is 1.89. The normalized spacial score (nSPS) is 13.5. The molecule has 4 nitrogen and oxygen atoms in total. The van der Waals surface area contributed by atoms with Crippen LogP contribution < -0.4 is 10.2 Å². The second kappa shape index (κ2) is 6.54. The molecule has 0 spiro atoms. The maximum Gasteiger partial charge on any atom is 0.259 e. The van der Waals surface area contributed by atoms with Crippen molar-refractivity contribution in [2.24, 2.45) is 0 Å². The molecular formula is C18H17BrN2O2. The molecule has 118 valence electrons. The van der Waals surface area contributed by atoms with Crippen molar-refractivity contribution in [2.75, 3.05) is 10.2 Å². The summed E-state index contributed by atoms with van der Waals surface area (Å²) in [6, 6.07) is 15.1. The molecule has 0 heterocycles. The van der Waals surface area contributed by atoms with Crippen LogP contribution in [-0.2, 0) is 4.79 Å². The third-order valence-corrected chi connectivity index (χ3v) is 4.39. The van der Waals surface area contributed by atoms with Crippen LogP contribution in [0.3, 0.4) is 0 Å². The molecule has 0 saturated heterocycles. The first-order valence-corrected chi connectivity index (χ1v) is 8.31. The van der Waals surface area contributed by atoms with Crippen molar-refractivity contribution in [1.82, 2.24) is 0 Å². The lowest BCUT2D eigenvalue weighted by atomic mass is 10.1. The number of carbonyl (C=O) groups is 2. The van der Waals surface area contributed by atoms with E-state index in [0.29, 0.717) is 5.56 Å². The van der Waals surface area contributed by atoms with Crippen molar-refractivity contribution in [3.63, 3.8) is 0 Å². The summed E-state index contributed by atoms with van der Waals surface area (Å²) in [4.78, 5) is 25.9. The largest absolute Gasteiger partial charge is 0.326 e. The number of nitrogens with one attached hydrogen (secondary N) is 1. The second-order valence-corrected chi connectivity index (χ2v) is 6.47. The molecule has 2 aromatic rings. The van der Waals surface area contributed by atoms with Gasteiger partial charge in [-0.05, 0) is 65.2 Å². The fourth-order valence-electron chi connectivity index (χ4n) is 2.50. The maximum atomic E-state index is 12.9. The molecule has 1 N–H and O–H groups in total. The average Bonchev–Trinajstić information content (AvgIpc) is 3.34. The first-order chi connectivity index (χ1) is 11.1. The van der Waals surface area contributed by atoms with E-state index in [2.05, 4.69) is 21.2 Å². The number of amides is 2.